The Labute approximate surface area is 68.0 Å². The lowest BCUT2D eigenvalue weighted by atomic mass is 10.1. The Morgan fingerprint density at radius 1 is 1.64 bits per heavy atom. The molecule has 3 atom stereocenters. The van der Waals surface area contributed by atoms with Crippen LogP contribution < -0.4 is 11.1 Å². The summed E-state index contributed by atoms with van der Waals surface area (Å²) in [4.78, 5) is 0. The lowest BCUT2D eigenvalue weighted by Crippen LogP contribution is -2.35. The highest BCUT2D eigenvalue weighted by Crippen LogP contribution is 2.25. The van der Waals surface area contributed by atoms with Crippen molar-refractivity contribution < 1.29 is 5.11 Å². The standard InChI is InChI=1S/C8H18N2O/c1-2-10-8(11)6-3-4-7(9)5-6/h6-8,10-11H,2-5,9H2,1H3/t6-,7+,8?/m0/s1. The molecule has 1 fully saturated rings. The maximum atomic E-state index is 9.50. The SMILES string of the molecule is CCNC(O)[C@H]1CC[C@@H](N)C1. The van der Waals surface area contributed by atoms with Crippen molar-refractivity contribution >= 4 is 0 Å². The first-order chi connectivity index (χ1) is 5.24. The molecule has 4 N–H and O–H groups in total. The molecule has 0 aromatic carbocycles. The fraction of sp³-hybridized carbons (Fsp3) is 1.00. The Morgan fingerprint density at radius 2 is 2.36 bits per heavy atom. The van der Waals surface area contributed by atoms with Gasteiger partial charge in [-0.15, -0.1) is 0 Å². The number of rotatable bonds is 3. The molecule has 1 unspecified atom stereocenters. The molecule has 66 valence electrons. The van der Waals surface area contributed by atoms with Gasteiger partial charge in [-0.3, -0.25) is 5.32 Å². The van der Waals surface area contributed by atoms with E-state index in [9.17, 15) is 5.11 Å². The first-order valence-electron chi connectivity index (χ1n) is 4.41. The Kier molecular flexibility index (Phi) is 3.30. The molecule has 1 saturated carbocycles. The van der Waals surface area contributed by atoms with Crippen LogP contribution >= 0.6 is 0 Å². The molecule has 0 aliphatic heterocycles. The number of hydrogen-bond donors (Lipinski definition) is 3. The van der Waals surface area contributed by atoms with E-state index in [-0.39, 0.29) is 6.23 Å². The predicted octanol–water partition coefficient (Wildman–Crippen LogP) is 0.0417. The topological polar surface area (TPSA) is 58.3 Å². The highest BCUT2D eigenvalue weighted by atomic mass is 16.3. The monoisotopic (exact) mass is 158 g/mol. The lowest BCUT2D eigenvalue weighted by molar-refractivity contribution is 0.0787. The number of hydrogen-bond acceptors (Lipinski definition) is 3. The summed E-state index contributed by atoms with van der Waals surface area (Å²) < 4.78 is 0. The molecule has 0 radical (unpaired) electrons. The molecule has 1 aliphatic carbocycles. The summed E-state index contributed by atoms with van der Waals surface area (Å²) in [6.45, 7) is 2.82. The number of nitrogens with two attached hydrogens (primary N) is 1. The average Bonchev–Trinajstić information content (AvgIpc) is 2.36. The van der Waals surface area contributed by atoms with Gasteiger partial charge in [-0.25, -0.2) is 0 Å². The van der Waals surface area contributed by atoms with Gasteiger partial charge in [-0.2, -0.15) is 0 Å². The Balaban J connectivity index is 2.25. The van der Waals surface area contributed by atoms with Crippen molar-refractivity contribution in [2.45, 2.75) is 38.5 Å². The lowest BCUT2D eigenvalue weighted by Gasteiger charge is -2.17. The van der Waals surface area contributed by atoms with E-state index in [0.717, 1.165) is 25.8 Å². The third kappa shape index (κ3) is 2.43. The van der Waals surface area contributed by atoms with E-state index in [4.69, 9.17) is 5.73 Å². The maximum Gasteiger partial charge on any atom is 0.107 e. The van der Waals surface area contributed by atoms with Crippen molar-refractivity contribution in [3.63, 3.8) is 0 Å². The van der Waals surface area contributed by atoms with Crippen LogP contribution in [0.15, 0.2) is 0 Å². The van der Waals surface area contributed by atoms with E-state index in [1.165, 1.54) is 0 Å². The van der Waals surface area contributed by atoms with Crippen LogP contribution in [-0.2, 0) is 0 Å². The summed E-state index contributed by atoms with van der Waals surface area (Å²) >= 11 is 0. The summed E-state index contributed by atoms with van der Waals surface area (Å²) in [7, 11) is 0. The number of aliphatic hydroxyl groups is 1. The minimum atomic E-state index is -0.339. The first-order valence-corrected chi connectivity index (χ1v) is 4.41. The van der Waals surface area contributed by atoms with E-state index in [1.807, 2.05) is 6.92 Å². The molecule has 0 heterocycles. The zero-order valence-electron chi connectivity index (χ0n) is 7.09. The molecule has 0 bridgehead atoms. The highest BCUT2D eigenvalue weighted by molar-refractivity contribution is 4.81. The average molecular weight is 158 g/mol. The zero-order chi connectivity index (χ0) is 8.27. The molecule has 11 heavy (non-hydrogen) atoms. The van der Waals surface area contributed by atoms with Crippen LogP contribution in [0.3, 0.4) is 0 Å². The molecule has 0 spiro atoms. The molecule has 0 aromatic heterocycles. The fourth-order valence-corrected chi connectivity index (χ4v) is 1.72. The van der Waals surface area contributed by atoms with Crippen molar-refractivity contribution in [1.29, 1.82) is 0 Å². The van der Waals surface area contributed by atoms with E-state index >= 15 is 0 Å². The molecule has 0 aromatic rings. The first kappa shape index (κ1) is 8.97. The second-order valence-corrected chi connectivity index (χ2v) is 3.34. The Bertz CT molecular complexity index is 119. The van der Waals surface area contributed by atoms with E-state index in [0.29, 0.717) is 12.0 Å². The molecular formula is C8H18N2O. The van der Waals surface area contributed by atoms with E-state index < -0.39 is 0 Å². The van der Waals surface area contributed by atoms with Gasteiger partial charge in [0.2, 0.25) is 0 Å². The van der Waals surface area contributed by atoms with Crippen molar-refractivity contribution in [3.05, 3.63) is 0 Å². The van der Waals surface area contributed by atoms with E-state index in [1.54, 1.807) is 0 Å². The third-order valence-electron chi connectivity index (χ3n) is 2.37. The number of aliphatic hydroxyl groups excluding tert-OH is 1. The maximum absolute atomic E-state index is 9.50. The van der Waals surface area contributed by atoms with Crippen LogP contribution in [0.4, 0.5) is 0 Å². The van der Waals surface area contributed by atoms with Gasteiger partial charge in [0.05, 0.1) is 0 Å². The second kappa shape index (κ2) is 4.04. The van der Waals surface area contributed by atoms with Gasteiger partial charge in [0.1, 0.15) is 6.23 Å². The summed E-state index contributed by atoms with van der Waals surface area (Å²) in [5, 5.41) is 12.5. The van der Waals surface area contributed by atoms with Gasteiger partial charge in [-0.1, -0.05) is 6.92 Å². The van der Waals surface area contributed by atoms with Crippen LogP contribution in [-0.4, -0.2) is 23.9 Å². The van der Waals surface area contributed by atoms with Gasteiger partial charge < -0.3 is 10.8 Å². The highest BCUT2D eigenvalue weighted by Gasteiger charge is 2.26. The van der Waals surface area contributed by atoms with Crippen molar-refractivity contribution in [2.75, 3.05) is 6.54 Å². The Morgan fingerprint density at radius 3 is 2.82 bits per heavy atom. The smallest absolute Gasteiger partial charge is 0.107 e. The quantitative estimate of drug-likeness (QED) is 0.508. The largest absolute Gasteiger partial charge is 0.378 e. The van der Waals surface area contributed by atoms with Crippen LogP contribution in [0, 0.1) is 5.92 Å². The molecule has 0 amide bonds. The molecule has 0 saturated heterocycles. The normalized spacial score (nSPS) is 34.1. The van der Waals surface area contributed by atoms with Crippen LogP contribution in [0.25, 0.3) is 0 Å². The van der Waals surface area contributed by atoms with E-state index in [2.05, 4.69) is 5.32 Å². The molecule has 3 nitrogen and oxygen atoms in total. The third-order valence-corrected chi connectivity index (χ3v) is 2.37. The molecule has 1 aliphatic rings. The minimum Gasteiger partial charge on any atom is -0.378 e. The predicted molar refractivity (Wildman–Crippen MR) is 45.0 cm³/mol. The summed E-state index contributed by atoms with van der Waals surface area (Å²) in [6, 6.07) is 0.313. The molecule has 3 heteroatoms. The minimum absolute atomic E-state index is 0.313. The zero-order valence-corrected chi connectivity index (χ0v) is 7.09. The van der Waals surface area contributed by atoms with Crippen molar-refractivity contribution in [2.24, 2.45) is 11.7 Å². The second-order valence-electron chi connectivity index (χ2n) is 3.34. The van der Waals surface area contributed by atoms with Crippen LogP contribution in [0.2, 0.25) is 0 Å². The Hall–Kier alpha value is -0.120. The van der Waals surface area contributed by atoms with Gasteiger partial charge >= 0.3 is 0 Å². The van der Waals surface area contributed by atoms with Crippen LogP contribution in [0.5, 0.6) is 0 Å². The van der Waals surface area contributed by atoms with Crippen LogP contribution in [0.1, 0.15) is 26.2 Å². The van der Waals surface area contributed by atoms with Gasteiger partial charge in [-0.05, 0) is 31.7 Å². The summed E-state index contributed by atoms with van der Waals surface area (Å²) in [6.07, 6.45) is 2.75. The van der Waals surface area contributed by atoms with Crippen molar-refractivity contribution in [3.8, 4) is 0 Å². The van der Waals surface area contributed by atoms with Gasteiger partial charge in [0, 0.05) is 6.04 Å². The molecular weight excluding hydrogens is 140 g/mol. The summed E-state index contributed by atoms with van der Waals surface area (Å²) in [5.41, 5.74) is 5.72. The fourth-order valence-electron chi connectivity index (χ4n) is 1.72. The molecule has 1 rings (SSSR count). The van der Waals surface area contributed by atoms with Crippen molar-refractivity contribution in [1.82, 2.24) is 5.32 Å². The summed E-state index contributed by atoms with van der Waals surface area (Å²) in [5.74, 6) is 0.380. The van der Waals surface area contributed by atoms with Gasteiger partial charge in [0.25, 0.3) is 0 Å². The number of nitrogens with one attached hydrogen (secondary N) is 1. The van der Waals surface area contributed by atoms with Gasteiger partial charge in [0.15, 0.2) is 0 Å².